The van der Waals surface area contributed by atoms with Crippen molar-refractivity contribution < 1.29 is 9.18 Å². The minimum absolute atomic E-state index is 0.00209. The number of likely N-dealkylation sites (N-methyl/N-ethyl adjacent to an activating group) is 1. The first-order chi connectivity index (χ1) is 8.49. The van der Waals surface area contributed by atoms with Gasteiger partial charge in [0.1, 0.15) is 5.82 Å². The number of hydrogen-bond donors (Lipinski definition) is 1. The molecule has 6 heteroatoms. The second-order valence-electron chi connectivity index (χ2n) is 4.42. The lowest BCUT2D eigenvalue weighted by Crippen LogP contribution is -2.34. The van der Waals surface area contributed by atoms with Gasteiger partial charge in [0.2, 0.25) is 5.91 Å². The van der Waals surface area contributed by atoms with Crippen LogP contribution in [0.2, 0.25) is 5.02 Å². The van der Waals surface area contributed by atoms with Gasteiger partial charge in [-0.1, -0.05) is 11.6 Å². The van der Waals surface area contributed by atoms with Crippen molar-refractivity contribution in [1.82, 2.24) is 4.90 Å². The van der Waals surface area contributed by atoms with Gasteiger partial charge in [0, 0.05) is 26.2 Å². The number of carbonyl (C=O) groups is 1. The van der Waals surface area contributed by atoms with Crippen LogP contribution in [0.5, 0.6) is 0 Å². The Morgan fingerprint density at radius 3 is 2.83 bits per heavy atom. The molecular formula is C12H15ClFN3O. The number of benzene rings is 1. The number of nitrogens with zero attached hydrogens (tertiary/aromatic N) is 2. The Bertz CT molecular complexity index is 481. The lowest BCUT2D eigenvalue weighted by atomic mass is 10.2. The van der Waals surface area contributed by atoms with Crippen LogP contribution in [0, 0.1) is 5.82 Å². The largest absolute Gasteiger partial charge is 0.397 e. The monoisotopic (exact) mass is 271 g/mol. The van der Waals surface area contributed by atoms with E-state index in [0.29, 0.717) is 24.5 Å². The lowest BCUT2D eigenvalue weighted by molar-refractivity contribution is -0.127. The molecule has 1 amide bonds. The fourth-order valence-corrected chi connectivity index (χ4v) is 2.19. The maximum absolute atomic E-state index is 13.5. The van der Waals surface area contributed by atoms with E-state index in [0.717, 1.165) is 6.42 Å². The molecule has 18 heavy (non-hydrogen) atoms. The highest BCUT2D eigenvalue weighted by Gasteiger charge is 2.21. The van der Waals surface area contributed by atoms with E-state index in [2.05, 4.69) is 0 Å². The van der Waals surface area contributed by atoms with Crippen molar-refractivity contribution in [3.63, 3.8) is 0 Å². The number of carbonyl (C=O) groups excluding carboxylic acids is 1. The predicted octanol–water partition coefficient (Wildman–Crippen LogP) is 1.73. The van der Waals surface area contributed by atoms with Gasteiger partial charge in [0.15, 0.2) is 0 Å². The minimum Gasteiger partial charge on any atom is -0.397 e. The van der Waals surface area contributed by atoms with E-state index in [-0.39, 0.29) is 17.5 Å². The molecule has 2 N–H and O–H groups in total. The second-order valence-corrected chi connectivity index (χ2v) is 4.82. The zero-order chi connectivity index (χ0) is 13.3. The Morgan fingerprint density at radius 1 is 1.39 bits per heavy atom. The fraction of sp³-hybridized carbons (Fsp3) is 0.417. The third-order valence-corrected chi connectivity index (χ3v) is 3.37. The molecule has 1 aliphatic heterocycles. The van der Waals surface area contributed by atoms with E-state index in [1.807, 2.05) is 0 Å². The van der Waals surface area contributed by atoms with Crippen molar-refractivity contribution in [3.8, 4) is 0 Å². The van der Waals surface area contributed by atoms with Crippen molar-refractivity contribution in [3.05, 3.63) is 23.0 Å². The molecule has 4 nitrogen and oxygen atoms in total. The normalized spacial score (nSPS) is 16.9. The molecule has 1 aliphatic rings. The van der Waals surface area contributed by atoms with Crippen LogP contribution in [0.3, 0.4) is 0 Å². The third-order valence-electron chi connectivity index (χ3n) is 3.08. The van der Waals surface area contributed by atoms with Gasteiger partial charge in [-0.25, -0.2) is 4.39 Å². The minimum atomic E-state index is -0.522. The van der Waals surface area contributed by atoms with Gasteiger partial charge in [0.05, 0.1) is 22.9 Å². The molecule has 0 radical (unpaired) electrons. The van der Waals surface area contributed by atoms with Gasteiger partial charge < -0.3 is 15.5 Å². The molecule has 0 bridgehead atoms. The first kappa shape index (κ1) is 13.0. The average molecular weight is 272 g/mol. The highest BCUT2D eigenvalue weighted by atomic mass is 35.5. The number of halogens is 2. The molecule has 0 saturated carbocycles. The quantitative estimate of drug-likeness (QED) is 0.792. The molecule has 2 rings (SSSR count). The lowest BCUT2D eigenvalue weighted by Gasteiger charge is -2.23. The smallest absolute Gasteiger partial charge is 0.241 e. The summed E-state index contributed by atoms with van der Waals surface area (Å²) >= 11 is 5.66. The number of anilines is 2. The van der Waals surface area contributed by atoms with Crippen LogP contribution < -0.4 is 10.6 Å². The van der Waals surface area contributed by atoms with E-state index in [1.54, 1.807) is 16.8 Å². The number of nitrogen functional groups attached to an aromatic ring is 1. The van der Waals surface area contributed by atoms with E-state index in [9.17, 15) is 9.18 Å². The summed E-state index contributed by atoms with van der Waals surface area (Å²) in [7, 11) is 1.76. The van der Waals surface area contributed by atoms with Gasteiger partial charge in [-0.05, 0) is 12.5 Å². The Balaban J connectivity index is 2.30. The molecule has 0 spiro atoms. The number of hydrogen-bond acceptors (Lipinski definition) is 3. The molecule has 0 unspecified atom stereocenters. The predicted molar refractivity (Wildman–Crippen MR) is 70.3 cm³/mol. The third kappa shape index (κ3) is 2.51. The first-order valence-electron chi connectivity index (χ1n) is 5.72. The van der Waals surface area contributed by atoms with E-state index in [1.165, 1.54) is 12.1 Å². The zero-order valence-corrected chi connectivity index (χ0v) is 10.9. The maximum atomic E-state index is 13.5. The van der Waals surface area contributed by atoms with Gasteiger partial charge >= 0.3 is 0 Å². The Hall–Kier alpha value is -1.49. The van der Waals surface area contributed by atoms with E-state index >= 15 is 0 Å². The van der Waals surface area contributed by atoms with Crippen LogP contribution in [0.1, 0.15) is 6.42 Å². The molecule has 0 aliphatic carbocycles. The average Bonchev–Trinajstić information content (AvgIpc) is 2.47. The summed E-state index contributed by atoms with van der Waals surface area (Å²) in [4.78, 5) is 15.2. The first-order valence-corrected chi connectivity index (χ1v) is 6.10. The van der Waals surface area contributed by atoms with Crippen LogP contribution >= 0.6 is 11.6 Å². The standard InChI is InChI=1S/C12H15ClFN3O/c1-16-3-2-4-17(7-12(16)18)11-6-9(14)8(13)5-10(11)15/h5-6H,2-4,7,15H2,1H3. The molecule has 1 aromatic rings. The SMILES string of the molecule is CN1CCCN(c2cc(F)c(Cl)cc2N)CC1=O. The molecule has 1 heterocycles. The van der Waals surface area contributed by atoms with Gasteiger partial charge in [-0.2, -0.15) is 0 Å². The number of nitrogens with two attached hydrogens (primary N) is 1. The van der Waals surface area contributed by atoms with Crippen molar-refractivity contribution in [2.45, 2.75) is 6.42 Å². The summed E-state index contributed by atoms with van der Waals surface area (Å²) in [6.45, 7) is 1.58. The summed E-state index contributed by atoms with van der Waals surface area (Å²) in [5, 5.41) is -0.00508. The van der Waals surface area contributed by atoms with Gasteiger partial charge in [-0.15, -0.1) is 0 Å². The molecular weight excluding hydrogens is 257 g/mol. The van der Waals surface area contributed by atoms with Crippen molar-refractivity contribution in [2.75, 3.05) is 37.3 Å². The van der Waals surface area contributed by atoms with Gasteiger partial charge in [-0.3, -0.25) is 4.79 Å². The molecule has 98 valence electrons. The molecule has 1 fully saturated rings. The molecule has 0 atom stereocenters. The van der Waals surface area contributed by atoms with E-state index < -0.39 is 5.82 Å². The highest BCUT2D eigenvalue weighted by molar-refractivity contribution is 6.31. The molecule has 1 saturated heterocycles. The van der Waals surface area contributed by atoms with E-state index in [4.69, 9.17) is 17.3 Å². The molecule has 1 aromatic carbocycles. The van der Waals surface area contributed by atoms with Crippen molar-refractivity contribution in [2.24, 2.45) is 0 Å². The van der Waals surface area contributed by atoms with Crippen molar-refractivity contribution in [1.29, 1.82) is 0 Å². The van der Waals surface area contributed by atoms with Crippen LogP contribution in [-0.4, -0.2) is 37.5 Å². The summed E-state index contributed by atoms with van der Waals surface area (Å²) in [5.74, 6) is -0.520. The number of amides is 1. The summed E-state index contributed by atoms with van der Waals surface area (Å²) in [6, 6.07) is 2.67. The summed E-state index contributed by atoms with van der Waals surface area (Å²) in [6.07, 6.45) is 0.825. The fourth-order valence-electron chi connectivity index (χ4n) is 2.02. The van der Waals surface area contributed by atoms with Crippen LogP contribution in [0.25, 0.3) is 0 Å². The Kier molecular flexibility index (Phi) is 3.61. The Morgan fingerprint density at radius 2 is 2.11 bits per heavy atom. The summed E-state index contributed by atoms with van der Waals surface area (Å²) in [5.41, 5.74) is 6.75. The Labute approximate surface area is 110 Å². The second kappa shape index (κ2) is 5.02. The zero-order valence-electron chi connectivity index (χ0n) is 10.1. The topological polar surface area (TPSA) is 49.6 Å². The highest BCUT2D eigenvalue weighted by Crippen LogP contribution is 2.29. The van der Waals surface area contributed by atoms with Crippen LogP contribution in [0.4, 0.5) is 15.8 Å². The maximum Gasteiger partial charge on any atom is 0.241 e. The van der Waals surface area contributed by atoms with Crippen molar-refractivity contribution >= 4 is 28.9 Å². The van der Waals surface area contributed by atoms with Gasteiger partial charge in [0.25, 0.3) is 0 Å². The number of rotatable bonds is 1. The molecule has 0 aromatic heterocycles. The van der Waals surface area contributed by atoms with Crippen LogP contribution in [0.15, 0.2) is 12.1 Å². The summed E-state index contributed by atoms with van der Waals surface area (Å²) < 4.78 is 13.5. The van der Waals surface area contributed by atoms with Crippen LogP contribution in [-0.2, 0) is 4.79 Å².